The highest BCUT2D eigenvalue weighted by molar-refractivity contribution is 6.07. The lowest BCUT2D eigenvalue weighted by atomic mass is 10.2. The van der Waals surface area contributed by atoms with Gasteiger partial charge in [-0.15, -0.1) is 0 Å². The number of nitriles is 1. The topological polar surface area (TPSA) is 112 Å². The number of methoxy groups -OCH3 is 1. The Balaban J connectivity index is 2.51. The van der Waals surface area contributed by atoms with Gasteiger partial charge >= 0.3 is 6.09 Å². The fraction of sp³-hybridized carbons (Fsp3) is 0.312. The van der Waals surface area contributed by atoms with Crippen LogP contribution >= 0.6 is 0 Å². The molecule has 24 heavy (non-hydrogen) atoms. The summed E-state index contributed by atoms with van der Waals surface area (Å²) in [5.41, 5.74) is 0.368. The third kappa shape index (κ3) is 6.27. The molecule has 1 rings (SSSR count). The molecule has 0 bridgehead atoms. The predicted octanol–water partition coefficient (Wildman–Crippen LogP) is 1.38. The molecule has 3 N–H and O–H groups in total. The number of alkyl carbamates (subject to hydrolysis) is 1. The van der Waals surface area contributed by atoms with Crippen LogP contribution in [0.3, 0.4) is 0 Å². The van der Waals surface area contributed by atoms with Gasteiger partial charge in [-0.05, 0) is 19.1 Å². The molecule has 0 unspecified atom stereocenters. The van der Waals surface area contributed by atoms with Crippen molar-refractivity contribution in [1.29, 1.82) is 5.26 Å². The lowest BCUT2D eigenvalue weighted by Gasteiger charge is -2.09. The van der Waals surface area contributed by atoms with Gasteiger partial charge < -0.3 is 25.4 Å². The summed E-state index contributed by atoms with van der Waals surface area (Å²) in [5, 5.41) is 17.0. The van der Waals surface area contributed by atoms with Crippen molar-refractivity contribution in [2.45, 2.75) is 6.92 Å². The van der Waals surface area contributed by atoms with Gasteiger partial charge in [0, 0.05) is 19.3 Å². The fourth-order valence-corrected chi connectivity index (χ4v) is 1.68. The Morgan fingerprint density at radius 1 is 1.29 bits per heavy atom. The average Bonchev–Trinajstić information content (AvgIpc) is 2.58. The maximum absolute atomic E-state index is 12.1. The van der Waals surface area contributed by atoms with Gasteiger partial charge in [0.1, 0.15) is 17.4 Å². The largest absolute Gasteiger partial charge is 0.495 e. The molecule has 8 nitrogen and oxygen atoms in total. The SMILES string of the molecule is CCOC(=O)NCCN/C=C(/C#N)C(=O)Nc1ccccc1OC. The summed E-state index contributed by atoms with van der Waals surface area (Å²) in [6, 6.07) is 8.70. The Hall–Kier alpha value is -3.21. The van der Waals surface area contributed by atoms with Crippen molar-refractivity contribution in [1.82, 2.24) is 10.6 Å². The van der Waals surface area contributed by atoms with E-state index < -0.39 is 12.0 Å². The number of nitrogens with one attached hydrogen (secondary N) is 3. The molecule has 2 amide bonds. The summed E-state index contributed by atoms with van der Waals surface area (Å²) in [6.07, 6.45) is 0.773. The molecule has 0 aromatic heterocycles. The van der Waals surface area contributed by atoms with Crippen molar-refractivity contribution in [3.8, 4) is 11.8 Å². The number of amides is 2. The van der Waals surface area contributed by atoms with Crippen molar-refractivity contribution < 1.29 is 19.1 Å². The standard InChI is InChI=1S/C16H20N4O4/c1-3-24-16(22)19-9-8-18-11-12(10-17)15(21)20-13-6-4-5-7-14(13)23-2/h4-7,11,18H,3,8-9H2,1-2H3,(H,19,22)(H,20,21)/b12-11-. The maximum atomic E-state index is 12.1. The van der Waals surface area contributed by atoms with E-state index in [0.717, 1.165) is 0 Å². The van der Waals surface area contributed by atoms with Crippen LogP contribution in [0, 0.1) is 11.3 Å². The van der Waals surface area contributed by atoms with E-state index in [1.54, 1.807) is 31.2 Å². The first-order chi connectivity index (χ1) is 11.6. The molecule has 0 atom stereocenters. The monoisotopic (exact) mass is 332 g/mol. The van der Waals surface area contributed by atoms with Crippen molar-refractivity contribution >= 4 is 17.7 Å². The summed E-state index contributed by atoms with van der Waals surface area (Å²) in [6.45, 7) is 2.63. The van der Waals surface area contributed by atoms with Crippen LogP contribution in [-0.2, 0) is 9.53 Å². The smallest absolute Gasteiger partial charge is 0.407 e. The van der Waals surface area contributed by atoms with E-state index in [4.69, 9.17) is 14.7 Å². The Labute approximate surface area is 140 Å². The molecule has 0 aliphatic carbocycles. The lowest BCUT2D eigenvalue weighted by Crippen LogP contribution is -2.31. The number of carbonyl (C=O) groups is 2. The number of benzene rings is 1. The number of nitrogens with zero attached hydrogens (tertiary/aromatic N) is 1. The third-order valence-electron chi connectivity index (χ3n) is 2.78. The minimum Gasteiger partial charge on any atom is -0.495 e. The van der Waals surface area contributed by atoms with Crippen LogP contribution in [-0.4, -0.2) is 38.8 Å². The zero-order chi connectivity index (χ0) is 17.8. The molecule has 0 aliphatic rings. The van der Waals surface area contributed by atoms with Crippen molar-refractivity contribution in [2.24, 2.45) is 0 Å². The van der Waals surface area contributed by atoms with Crippen LogP contribution in [0.15, 0.2) is 36.0 Å². The minimum absolute atomic E-state index is 0.1000. The summed E-state index contributed by atoms with van der Waals surface area (Å²) < 4.78 is 9.83. The number of rotatable bonds is 8. The van der Waals surface area contributed by atoms with Gasteiger partial charge in [0.2, 0.25) is 0 Å². The van der Waals surface area contributed by atoms with Gasteiger partial charge in [0.15, 0.2) is 0 Å². The van der Waals surface area contributed by atoms with E-state index in [0.29, 0.717) is 31.1 Å². The molecule has 1 aromatic carbocycles. The molecular weight excluding hydrogens is 312 g/mol. The zero-order valence-corrected chi connectivity index (χ0v) is 13.6. The van der Waals surface area contributed by atoms with Gasteiger partial charge in [-0.1, -0.05) is 12.1 Å². The Morgan fingerprint density at radius 3 is 2.71 bits per heavy atom. The molecule has 0 fully saturated rings. The normalized spacial score (nSPS) is 10.3. The summed E-state index contributed by atoms with van der Waals surface area (Å²) in [4.78, 5) is 23.1. The summed E-state index contributed by atoms with van der Waals surface area (Å²) >= 11 is 0. The highest BCUT2D eigenvalue weighted by Crippen LogP contribution is 2.23. The number of para-hydroxylation sites is 2. The van der Waals surface area contributed by atoms with Gasteiger partial charge in [-0.3, -0.25) is 4.79 Å². The van der Waals surface area contributed by atoms with E-state index in [1.807, 2.05) is 6.07 Å². The van der Waals surface area contributed by atoms with E-state index in [2.05, 4.69) is 16.0 Å². The second-order valence-corrected chi connectivity index (χ2v) is 4.43. The van der Waals surface area contributed by atoms with Gasteiger partial charge in [0.05, 0.1) is 19.4 Å². The summed E-state index contributed by atoms with van der Waals surface area (Å²) in [7, 11) is 1.49. The van der Waals surface area contributed by atoms with Crippen LogP contribution in [0.5, 0.6) is 5.75 Å². The molecule has 0 radical (unpaired) electrons. The first-order valence-corrected chi connectivity index (χ1v) is 7.31. The zero-order valence-electron chi connectivity index (χ0n) is 13.6. The molecule has 128 valence electrons. The first-order valence-electron chi connectivity index (χ1n) is 7.31. The molecule has 0 saturated carbocycles. The second-order valence-electron chi connectivity index (χ2n) is 4.43. The highest BCUT2D eigenvalue weighted by Gasteiger charge is 2.11. The van der Waals surface area contributed by atoms with Crippen LogP contribution < -0.4 is 20.7 Å². The Bertz CT molecular complexity index is 637. The van der Waals surface area contributed by atoms with E-state index in [-0.39, 0.29) is 5.57 Å². The van der Waals surface area contributed by atoms with Crippen molar-refractivity contribution in [3.05, 3.63) is 36.0 Å². The average molecular weight is 332 g/mol. The highest BCUT2D eigenvalue weighted by atomic mass is 16.5. The number of anilines is 1. The van der Waals surface area contributed by atoms with E-state index >= 15 is 0 Å². The quantitative estimate of drug-likeness (QED) is 0.376. The van der Waals surface area contributed by atoms with Crippen LogP contribution in [0.2, 0.25) is 0 Å². The predicted molar refractivity (Wildman–Crippen MR) is 88.3 cm³/mol. The van der Waals surface area contributed by atoms with E-state index in [9.17, 15) is 9.59 Å². The molecule has 8 heteroatoms. The number of ether oxygens (including phenoxy) is 2. The fourth-order valence-electron chi connectivity index (χ4n) is 1.68. The molecular formula is C16H20N4O4. The molecule has 1 aromatic rings. The molecule has 0 saturated heterocycles. The van der Waals surface area contributed by atoms with Gasteiger partial charge in [-0.2, -0.15) is 5.26 Å². The Kier molecular flexibility index (Phi) is 8.25. The maximum Gasteiger partial charge on any atom is 0.407 e. The number of hydrogen-bond acceptors (Lipinski definition) is 6. The molecule has 0 aliphatic heterocycles. The minimum atomic E-state index is -0.562. The van der Waals surface area contributed by atoms with Crippen molar-refractivity contribution in [2.75, 3.05) is 32.1 Å². The summed E-state index contributed by atoms with van der Waals surface area (Å²) in [5.74, 6) is -0.0670. The molecule has 0 spiro atoms. The van der Waals surface area contributed by atoms with Gasteiger partial charge in [-0.25, -0.2) is 4.79 Å². The molecule has 0 heterocycles. The number of carbonyl (C=O) groups excluding carboxylic acids is 2. The van der Waals surface area contributed by atoms with Gasteiger partial charge in [0.25, 0.3) is 5.91 Å². The Morgan fingerprint density at radius 2 is 2.04 bits per heavy atom. The van der Waals surface area contributed by atoms with Crippen LogP contribution in [0.4, 0.5) is 10.5 Å². The second kappa shape index (κ2) is 10.5. The lowest BCUT2D eigenvalue weighted by molar-refractivity contribution is -0.112. The first kappa shape index (κ1) is 18.8. The van der Waals surface area contributed by atoms with E-state index in [1.165, 1.54) is 13.3 Å². The number of hydrogen-bond donors (Lipinski definition) is 3. The van der Waals surface area contributed by atoms with Crippen molar-refractivity contribution in [3.63, 3.8) is 0 Å². The van der Waals surface area contributed by atoms with Crippen LogP contribution in [0.25, 0.3) is 0 Å². The third-order valence-corrected chi connectivity index (χ3v) is 2.78. The van der Waals surface area contributed by atoms with Crippen LogP contribution in [0.1, 0.15) is 6.92 Å².